The van der Waals surface area contributed by atoms with Crippen LogP contribution in [0.2, 0.25) is 0 Å². The number of carboxylic acid groups (broad SMARTS) is 1. The van der Waals surface area contributed by atoms with E-state index in [1.165, 1.54) is 6.92 Å². The number of benzene rings is 2. The highest BCUT2D eigenvalue weighted by Crippen LogP contribution is 2.44. The number of fused-ring (bicyclic) bond motifs is 2. The number of carbonyl (C=O) groups excluding carboxylic acids is 2. The highest BCUT2D eigenvalue weighted by Gasteiger charge is 2.38. The van der Waals surface area contributed by atoms with Gasteiger partial charge in [-0.1, -0.05) is 13.8 Å². The van der Waals surface area contributed by atoms with Gasteiger partial charge < -0.3 is 40.5 Å². The van der Waals surface area contributed by atoms with Crippen molar-refractivity contribution in [2.24, 2.45) is 0 Å². The summed E-state index contributed by atoms with van der Waals surface area (Å²) in [5, 5.41) is 65.9. The molecule has 1 saturated heterocycles. The first-order valence-corrected chi connectivity index (χ1v) is 10.4. The molecule has 1 heterocycles. The lowest BCUT2D eigenvalue weighted by Gasteiger charge is -2.22. The monoisotopic (exact) mass is 478 g/mol. The first kappa shape index (κ1) is 26.6. The van der Waals surface area contributed by atoms with Gasteiger partial charge in [-0.05, 0) is 18.6 Å². The van der Waals surface area contributed by atoms with Crippen molar-refractivity contribution in [1.82, 2.24) is 0 Å². The molecule has 11 nitrogen and oxygen atoms in total. The summed E-state index contributed by atoms with van der Waals surface area (Å²) in [4.78, 5) is 36.5. The molecule has 34 heavy (non-hydrogen) atoms. The number of aliphatic hydroxyl groups excluding tert-OH is 2. The normalized spacial score (nSPS) is 18.5. The minimum atomic E-state index is -1.49. The molecule has 1 aliphatic carbocycles. The fourth-order valence-electron chi connectivity index (χ4n) is 3.69. The maximum atomic E-state index is 12.7. The van der Waals surface area contributed by atoms with Gasteiger partial charge in [0.15, 0.2) is 23.1 Å². The second kappa shape index (κ2) is 10.5. The molecular weight excluding hydrogens is 452 g/mol. The zero-order chi connectivity index (χ0) is 25.9. The largest absolute Gasteiger partial charge is 0.507 e. The van der Waals surface area contributed by atoms with Crippen molar-refractivity contribution < 1.29 is 54.9 Å². The van der Waals surface area contributed by atoms with Gasteiger partial charge in [-0.15, -0.1) is 0 Å². The average molecular weight is 478 g/mol. The molecule has 0 saturated carbocycles. The molecule has 1 fully saturated rings. The van der Waals surface area contributed by atoms with E-state index in [1.807, 2.05) is 13.8 Å². The van der Waals surface area contributed by atoms with Crippen LogP contribution in [-0.2, 0) is 4.74 Å². The maximum absolute atomic E-state index is 12.7. The minimum Gasteiger partial charge on any atom is -0.507 e. The molecule has 0 radical (unpaired) electrons. The Morgan fingerprint density at radius 3 is 1.88 bits per heavy atom. The molecule has 4 rings (SSSR count). The molecular formula is C23H26O11. The summed E-state index contributed by atoms with van der Waals surface area (Å²) < 4.78 is 4.79. The molecule has 11 heteroatoms. The van der Waals surface area contributed by atoms with Crippen LogP contribution in [-0.4, -0.2) is 78.7 Å². The Balaban J connectivity index is 0.000000343. The van der Waals surface area contributed by atoms with Crippen molar-refractivity contribution in [3.8, 4) is 23.0 Å². The molecule has 7 N–H and O–H groups in total. The quantitative estimate of drug-likeness (QED) is 0.197. The molecule has 0 aromatic heterocycles. The van der Waals surface area contributed by atoms with Crippen molar-refractivity contribution in [3.05, 3.63) is 45.5 Å². The number of aliphatic hydroxyl groups is 2. The predicted molar refractivity (Wildman–Crippen MR) is 117 cm³/mol. The fraction of sp³-hybridized carbons (Fsp3) is 0.348. The predicted octanol–water partition coefficient (Wildman–Crippen LogP) is 1.45. The van der Waals surface area contributed by atoms with Crippen molar-refractivity contribution in [2.45, 2.75) is 39.4 Å². The van der Waals surface area contributed by atoms with Gasteiger partial charge in [0, 0.05) is 23.6 Å². The number of carbonyl (C=O) groups is 3. The number of phenols is 4. The van der Waals surface area contributed by atoms with Gasteiger partial charge in [-0.25, -0.2) is 4.79 Å². The summed E-state index contributed by atoms with van der Waals surface area (Å²) >= 11 is 0. The van der Waals surface area contributed by atoms with Crippen molar-refractivity contribution in [1.29, 1.82) is 0 Å². The number of rotatable bonds is 1. The zero-order valence-electron chi connectivity index (χ0n) is 18.7. The number of hydrogen-bond acceptors (Lipinski definition) is 10. The third kappa shape index (κ3) is 4.81. The van der Waals surface area contributed by atoms with Gasteiger partial charge in [-0.2, -0.15) is 0 Å². The van der Waals surface area contributed by atoms with Crippen LogP contribution in [0, 0.1) is 6.92 Å². The van der Waals surface area contributed by atoms with E-state index >= 15 is 0 Å². The van der Waals surface area contributed by atoms with Crippen LogP contribution in [0.4, 0.5) is 0 Å². The summed E-state index contributed by atoms with van der Waals surface area (Å²) in [6, 6.07) is 1.52. The van der Waals surface area contributed by atoms with Crippen molar-refractivity contribution in [2.75, 3.05) is 13.2 Å². The number of ether oxygens (including phenoxy) is 1. The van der Waals surface area contributed by atoms with E-state index in [1.54, 1.807) is 0 Å². The SMILES string of the molecule is CC.Cc1c(C(=O)O)c(O)cc2c1C(=O)c1c(O)cc(O)c(O)c1C2=O.O[C@@H]1COC[C@H](O)C1. The topological polar surface area (TPSA) is 202 Å². The third-order valence-electron chi connectivity index (χ3n) is 5.12. The molecule has 0 unspecified atom stereocenters. The standard InChI is InChI=1S/C16H10O8.C5H10O3.C2H6/c1-4-9-5(2-6(17)10(4)16(23)24)13(20)12-11(15(9)22)7(18)3-8(19)14(12)21;6-4-1-5(7)3-8-2-4;1-2/h2-3,17-19,21H,1H3,(H,23,24);4-7H,1-3H2;1-2H3/t;4-,5+;. The number of ketones is 2. The average Bonchev–Trinajstić information content (AvgIpc) is 2.75. The number of aromatic carboxylic acids is 1. The lowest BCUT2D eigenvalue weighted by Crippen LogP contribution is -2.32. The fourth-order valence-corrected chi connectivity index (χ4v) is 3.69. The smallest absolute Gasteiger partial charge is 0.339 e. The first-order valence-electron chi connectivity index (χ1n) is 10.4. The molecule has 0 amide bonds. The van der Waals surface area contributed by atoms with Crippen molar-refractivity contribution in [3.63, 3.8) is 0 Å². The summed E-state index contributed by atoms with van der Waals surface area (Å²) in [6.45, 7) is 5.99. The number of carboxylic acids is 1. The van der Waals surface area contributed by atoms with Gasteiger partial charge in [-0.3, -0.25) is 9.59 Å². The van der Waals surface area contributed by atoms with Crippen LogP contribution in [0.3, 0.4) is 0 Å². The molecule has 2 aliphatic rings. The first-order chi connectivity index (χ1) is 16.0. The van der Waals surface area contributed by atoms with E-state index in [-0.39, 0.29) is 16.7 Å². The Kier molecular flexibility index (Phi) is 8.22. The molecule has 0 bridgehead atoms. The van der Waals surface area contributed by atoms with Crippen LogP contribution < -0.4 is 0 Å². The number of aromatic hydroxyl groups is 4. The third-order valence-corrected chi connectivity index (χ3v) is 5.12. The van der Waals surface area contributed by atoms with Crippen molar-refractivity contribution >= 4 is 17.5 Å². The lowest BCUT2D eigenvalue weighted by molar-refractivity contribution is -0.0715. The van der Waals surface area contributed by atoms with Gasteiger partial charge in [0.1, 0.15) is 17.1 Å². The van der Waals surface area contributed by atoms with Crippen LogP contribution in [0.1, 0.15) is 68.0 Å². The molecule has 2 aromatic rings. The second-order valence-electron chi connectivity index (χ2n) is 7.38. The van der Waals surface area contributed by atoms with E-state index in [0.717, 1.165) is 6.07 Å². The summed E-state index contributed by atoms with van der Waals surface area (Å²) in [7, 11) is 0. The van der Waals surface area contributed by atoms with Crippen LogP contribution >= 0.6 is 0 Å². The van der Waals surface area contributed by atoms with E-state index in [9.17, 15) is 34.8 Å². The number of phenolic OH excluding ortho intramolecular Hbond substituents is 3. The molecule has 2 atom stereocenters. The summed E-state index contributed by atoms with van der Waals surface area (Å²) in [6.07, 6.45) is -0.461. The summed E-state index contributed by atoms with van der Waals surface area (Å²) in [5.41, 5.74) is -2.44. The Bertz CT molecular complexity index is 1130. The highest BCUT2D eigenvalue weighted by molar-refractivity contribution is 6.31. The Hall–Kier alpha value is -3.67. The molecule has 2 aromatic carbocycles. The van der Waals surface area contributed by atoms with E-state index in [4.69, 9.17) is 20.1 Å². The Labute approximate surface area is 194 Å². The number of hydrogen-bond donors (Lipinski definition) is 7. The van der Waals surface area contributed by atoms with Crippen LogP contribution in [0.15, 0.2) is 12.1 Å². The van der Waals surface area contributed by atoms with Gasteiger partial charge in [0.25, 0.3) is 0 Å². The summed E-state index contributed by atoms with van der Waals surface area (Å²) in [5.74, 6) is -6.44. The Morgan fingerprint density at radius 2 is 1.41 bits per heavy atom. The highest BCUT2D eigenvalue weighted by atomic mass is 16.5. The molecule has 184 valence electrons. The Morgan fingerprint density at radius 1 is 0.853 bits per heavy atom. The van der Waals surface area contributed by atoms with Crippen LogP contribution in [0.5, 0.6) is 23.0 Å². The second-order valence-corrected chi connectivity index (χ2v) is 7.38. The zero-order valence-corrected chi connectivity index (χ0v) is 18.7. The van der Waals surface area contributed by atoms with E-state index in [0.29, 0.717) is 25.7 Å². The van der Waals surface area contributed by atoms with Crippen LogP contribution in [0.25, 0.3) is 0 Å². The molecule has 1 aliphatic heterocycles. The van der Waals surface area contributed by atoms with Gasteiger partial charge >= 0.3 is 5.97 Å². The molecule has 0 spiro atoms. The minimum absolute atomic E-state index is 0.145. The van der Waals surface area contributed by atoms with E-state index < -0.39 is 69.4 Å². The lowest BCUT2D eigenvalue weighted by atomic mass is 9.79. The van der Waals surface area contributed by atoms with E-state index in [2.05, 4.69) is 0 Å². The van der Waals surface area contributed by atoms with Gasteiger partial charge in [0.2, 0.25) is 0 Å². The maximum Gasteiger partial charge on any atom is 0.339 e. The van der Waals surface area contributed by atoms with Gasteiger partial charge in [0.05, 0.1) is 36.5 Å².